The van der Waals surface area contributed by atoms with Gasteiger partial charge in [0.1, 0.15) is 11.5 Å². The quantitative estimate of drug-likeness (QED) is 0.121. The van der Waals surface area contributed by atoms with Crippen LogP contribution in [0.15, 0.2) is 54.6 Å². The smallest absolute Gasteiger partial charge is 0.405 e. The molecule has 0 bridgehead atoms. The summed E-state index contributed by atoms with van der Waals surface area (Å²) in [6, 6.07) is 11.9. The van der Waals surface area contributed by atoms with E-state index in [0.717, 1.165) is 36.8 Å². The van der Waals surface area contributed by atoms with Gasteiger partial charge in [0, 0.05) is 12.1 Å². The Morgan fingerprint density at radius 1 is 0.952 bits per heavy atom. The van der Waals surface area contributed by atoms with Crippen molar-refractivity contribution in [3.8, 4) is 11.5 Å². The predicted molar refractivity (Wildman–Crippen MR) is 167 cm³/mol. The fraction of sp³-hybridized carbons (Fsp3) is 0.261. The third-order valence-corrected chi connectivity index (χ3v) is 8.04. The molecule has 1 aromatic heterocycles. The molecular weight excluding hydrogens is 840 g/mol. The van der Waals surface area contributed by atoms with E-state index in [0.29, 0.717) is 12.1 Å². The van der Waals surface area contributed by atoms with Gasteiger partial charge in [-0.25, -0.2) is 4.45 Å². The van der Waals surface area contributed by atoms with Crippen molar-refractivity contribution in [1.29, 1.82) is 0 Å². The van der Waals surface area contributed by atoms with Crippen LogP contribution >= 0.6 is 56.8 Å². The Balaban J connectivity index is 0.000000393. The number of ether oxygens (including phenoxy) is 2. The summed E-state index contributed by atoms with van der Waals surface area (Å²) in [5.74, 6) is -2.75. The van der Waals surface area contributed by atoms with Gasteiger partial charge < -0.3 is 20.5 Å². The Morgan fingerprint density at radius 2 is 1.45 bits per heavy atom. The van der Waals surface area contributed by atoms with E-state index in [-0.39, 0.29) is 17.7 Å². The van der Waals surface area contributed by atoms with Crippen LogP contribution < -0.4 is 25.6 Å². The van der Waals surface area contributed by atoms with Gasteiger partial charge in [0.05, 0.1) is 29.7 Å². The minimum atomic E-state index is -4.85. The number of benzene rings is 2. The summed E-state index contributed by atoms with van der Waals surface area (Å²) in [5.41, 5.74) is 5.94. The van der Waals surface area contributed by atoms with Crippen molar-refractivity contribution in [2.45, 2.75) is 33.1 Å². The highest BCUT2D eigenvalue weighted by Gasteiger charge is 2.33. The van der Waals surface area contributed by atoms with Gasteiger partial charge in [-0.1, -0.05) is 31.2 Å². The average molecular weight is 865 g/mol. The standard InChI is InChI=1S/C13H12F3IN3O2P.C8H6F3NO2.C2H7INP/c1-8-6-9(19-20(8)23-17)7-18-12(21)10-4-2-3-5-11(10)22-13(14,15)16;9-8(10,11)14-6-4-2-1-3-5(6)7(12)13;1-2-4-5-3/h2-6,23H,7H2,1H3,(H,18,21);1-4H,(H2,12,13);4-5H,2H2,1H3. The van der Waals surface area contributed by atoms with Gasteiger partial charge >= 0.3 is 12.7 Å². The van der Waals surface area contributed by atoms with E-state index in [1.165, 1.54) is 30.3 Å². The fourth-order valence-corrected chi connectivity index (χ4v) is 5.90. The maximum atomic E-state index is 12.4. The highest BCUT2D eigenvalue weighted by atomic mass is 127. The molecule has 232 valence electrons. The Labute approximate surface area is 266 Å². The molecule has 3 aromatic rings. The summed E-state index contributed by atoms with van der Waals surface area (Å²) >= 11 is 4.48. The summed E-state index contributed by atoms with van der Waals surface area (Å²) in [6.45, 7) is 5.21. The number of hydrogen-bond donors (Lipinski definition) is 3. The van der Waals surface area contributed by atoms with E-state index in [9.17, 15) is 35.9 Å². The van der Waals surface area contributed by atoms with Gasteiger partial charge in [-0.05, 0) is 87.9 Å². The van der Waals surface area contributed by atoms with Crippen molar-refractivity contribution >= 4 is 68.6 Å². The molecule has 2 atom stereocenters. The minimum Gasteiger partial charge on any atom is -0.405 e. The summed E-state index contributed by atoms with van der Waals surface area (Å²) < 4.78 is 81.7. The second-order valence-electron chi connectivity index (χ2n) is 7.53. The second-order valence-corrected chi connectivity index (χ2v) is 11.7. The van der Waals surface area contributed by atoms with E-state index in [4.69, 9.17) is 5.73 Å². The van der Waals surface area contributed by atoms with Crippen LogP contribution in [0.5, 0.6) is 11.5 Å². The molecule has 2 amide bonds. The normalized spacial score (nSPS) is 11.5. The number of hydrogen-bond acceptors (Lipinski definition) is 6. The van der Waals surface area contributed by atoms with Gasteiger partial charge in [0.2, 0.25) is 0 Å². The van der Waals surface area contributed by atoms with Crippen LogP contribution in [0.4, 0.5) is 26.3 Å². The van der Waals surface area contributed by atoms with Crippen molar-refractivity contribution in [2.24, 2.45) is 5.73 Å². The number of aryl methyl sites for hydroxylation is 1. The van der Waals surface area contributed by atoms with Crippen molar-refractivity contribution in [2.75, 3.05) is 6.54 Å². The third kappa shape index (κ3) is 15.0. The summed E-state index contributed by atoms with van der Waals surface area (Å²) in [4.78, 5) is 22.8. The predicted octanol–water partition coefficient (Wildman–Crippen LogP) is 7.04. The lowest BCUT2D eigenvalue weighted by Crippen LogP contribution is -2.25. The number of nitrogens with one attached hydrogen (secondary N) is 2. The first kappa shape index (κ1) is 38.1. The Bertz CT molecular complexity index is 1300. The average Bonchev–Trinajstić information content (AvgIpc) is 3.26. The zero-order valence-corrected chi connectivity index (χ0v) is 28.1. The van der Waals surface area contributed by atoms with E-state index >= 15 is 0 Å². The lowest BCUT2D eigenvalue weighted by Gasteiger charge is -2.12. The zero-order chi connectivity index (χ0) is 31.9. The lowest BCUT2D eigenvalue weighted by molar-refractivity contribution is -0.275. The molecule has 2 aromatic carbocycles. The van der Waals surface area contributed by atoms with E-state index in [2.05, 4.69) is 76.0 Å². The number of nitrogens with two attached hydrogens (primary N) is 1. The van der Waals surface area contributed by atoms with Crippen molar-refractivity contribution in [3.63, 3.8) is 0 Å². The van der Waals surface area contributed by atoms with Crippen LogP contribution in [0.1, 0.15) is 39.0 Å². The molecule has 0 aliphatic rings. The molecule has 4 N–H and O–H groups in total. The molecule has 0 aliphatic heterocycles. The van der Waals surface area contributed by atoms with E-state index in [1.54, 1.807) is 4.45 Å². The molecule has 2 unspecified atom stereocenters. The molecule has 0 saturated heterocycles. The molecule has 3 rings (SSSR count). The number of amides is 2. The fourth-order valence-electron chi connectivity index (χ4n) is 2.80. The van der Waals surface area contributed by atoms with E-state index in [1.807, 2.05) is 13.0 Å². The summed E-state index contributed by atoms with van der Waals surface area (Å²) in [6.07, 6.45) is -8.37. The van der Waals surface area contributed by atoms with Crippen LogP contribution in [0, 0.1) is 6.92 Å². The van der Waals surface area contributed by atoms with Crippen LogP contribution in [0.2, 0.25) is 0 Å². The van der Waals surface area contributed by atoms with Gasteiger partial charge in [-0.3, -0.25) is 14.7 Å². The third-order valence-electron chi connectivity index (χ3n) is 4.43. The van der Waals surface area contributed by atoms with Crippen molar-refractivity contribution in [1.82, 2.24) is 20.0 Å². The molecule has 0 radical (unpaired) electrons. The first-order valence-corrected chi connectivity index (χ1v) is 19.6. The maximum Gasteiger partial charge on any atom is 0.573 e. The first-order chi connectivity index (χ1) is 19.6. The highest BCUT2D eigenvalue weighted by molar-refractivity contribution is 14.2. The number of aromatic nitrogens is 2. The first-order valence-electron chi connectivity index (χ1n) is 11.4. The molecule has 0 saturated carbocycles. The van der Waals surface area contributed by atoms with Gasteiger partial charge in [-0.15, -0.1) is 26.3 Å². The van der Waals surface area contributed by atoms with Gasteiger partial charge in [0.25, 0.3) is 11.8 Å². The SMILES string of the molecule is CCNPI.Cc1cc(CNC(=O)c2ccccc2OC(F)(F)F)nn1PI.NC(=O)c1ccccc1OC(F)(F)F. The van der Waals surface area contributed by atoms with Crippen molar-refractivity contribution in [3.05, 3.63) is 77.1 Å². The molecule has 1 heterocycles. The molecule has 0 aliphatic carbocycles. The van der Waals surface area contributed by atoms with E-state index < -0.39 is 36.0 Å². The zero-order valence-electron chi connectivity index (χ0n) is 21.7. The molecule has 9 nitrogen and oxygen atoms in total. The number of carbonyl (C=O) groups excluding carboxylic acids is 2. The molecule has 42 heavy (non-hydrogen) atoms. The second kappa shape index (κ2) is 18.7. The van der Waals surface area contributed by atoms with Crippen LogP contribution in [0.3, 0.4) is 0 Å². The topological polar surface area (TPSA) is 121 Å². The molecule has 0 spiro atoms. The minimum absolute atomic E-state index is 0.119. The number of rotatable bonds is 9. The number of nitrogens with zero attached hydrogens (tertiary/aromatic N) is 2. The highest BCUT2D eigenvalue weighted by Crippen LogP contribution is 2.28. The Kier molecular flexibility index (Phi) is 16.9. The number of halogens is 8. The Hall–Kier alpha value is -1.95. The van der Waals surface area contributed by atoms with Crippen LogP contribution in [0.25, 0.3) is 0 Å². The largest absolute Gasteiger partial charge is 0.573 e. The summed E-state index contributed by atoms with van der Waals surface area (Å²) in [5, 5.41) is 9.94. The maximum absolute atomic E-state index is 12.4. The number of carbonyl (C=O) groups is 2. The number of alkyl halides is 6. The number of primary amides is 1. The molecular formula is C23H25F6I2N5O4P2. The molecule has 0 fully saturated rings. The van der Waals surface area contributed by atoms with Crippen LogP contribution in [-0.2, 0) is 6.54 Å². The van der Waals surface area contributed by atoms with Gasteiger partial charge in [0.15, 0.2) is 0 Å². The number of para-hydroxylation sites is 2. The molecule has 19 heteroatoms. The Morgan fingerprint density at radius 3 is 1.86 bits per heavy atom. The lowest BCUT2D eigenvalue weighted by atomic mass is 10.2. The van der Waals surface area contributed by atoms with Crippen molar-refractivity contribution < 1.29 is 45.4 Å². The summed E-state index contributed by atoms with van der Waals surface area (Å²) in [7, 11) is 0. The monoisotopic (exact) mass is 865 g/mol. The van der Waals surface area contributed by atoms with Gasteiger partial charge in [-0.2, -0.15) is 5.10 Å². The van der Waals surface area contributed by atoms with Crippen LogP contribution in [-0.4, -0.2) is 40.6 Å².